The molecule has 0 radical (unpaired) electrons. The van der Waals surface area contributed by atoms with Crippen molar-refractivity contribution in [2.24, 2.45) is 0 Å². The van der Waals surface area contributed by atoms with Crippen LogP contribution >= 0.6 is 0 Å². The number of ether oxygens (including phenoxy) is 2. The quantitative estimate of drug-likeness (QED) is 0.325. The van der Waals surface area contributed by atoms with E-state index >= 15 is 0 Å². The Morgan fingerprint density at radius 3 is 2.44 bits per heavy atom. The molecule has 1 unspecified atom stereocenters. The minimum Gasteiger partial charge on any atom is -0.499 e. The van der Waals surface area contributed by atoms with Crippen molar-refractivity contribution in [2.45, 2.75) is 18.3 Å². The molecular formula is C9H12O9. The second-order valence-corrected chi connectivity index (χ2v) is 3.41. The van der Waals surface area contributed by atoms with Gasteiger partial charge in [-0.05, 0) is 0 Å². The van der Waals surface area contributed by atoms with Crippen molar-refractivity contribution in [1.29, 1.82) is 0 Å². The average molecular weight is 264 g/mol. The Morgan fingerprint density at radius 2 is 1.94 bits per heavy atom. The topological polar surface area (TPSA) is 154 Å². The van der Waals surface area contributed by atoms with E-state index in [4.69, 9.17) is 15.3 Å². The summed E-state index contributed by atoms with van der Waals surface area (Å²) >= 11 is 0. The van der Waals surface area contributed by atoms with Gasteiger partial charge in [0.15, 0.2) is 12.2 Å². The third-order valence-corrected chi connectivity index (χ3v) is 2.11. The van der Waals surface area contributed by atoms with E-state index in [0.717, 1.165) is 0 Å². The monoisotopic (exact) mass is 264 g/mol. The maximum atomic E-state index is 11.2. The smallest absolute Gasteiger partial charge is 0.378 e. The van der Waals surface area contributed by atoms with Gasteiger partial charge in [-0.1, -0.05) is 0 Å². The number of aliphatic hydroxyl groups is 5. The summed E-state index contributed by atoms with van der Waals surface area (Å²) < 4.78 is 8.90. The van der Waals surface area contributed by atoms with Crippen molar-refractivity contribution in [3.63, 3.8) is 0 Å². The van der Waals surface area contributed by atoms with Crippen LogP contribution in [0.3, 0.4) is 0 Å². The highest BCUT2D eigenvalue weighted by Crippen LogP contribution is 2.25. The van der Waals surface area contributed by atoms with Crippen LogP contribution in [0.25, 0.3) is 0 Å². The normalized spacial score (nSPS) is 22.7. The fraction of sp³-hybridized carbons (Fsp3) is 0.556. The highest BCUT2D eigenvalue weighted by Gasteiger charge is 2.42. The lowest BCUT2D eigenvalue weighted by Crippen LogP contribution is -2.35. The zero-order valence-electron chi connectivity index (χ0n) is 9.02. The first-order valence-electron chi connectivity index (χ1n) is 4.86. The summed E-state index contributed by atoms with van der Waals surface area (Å²) in [4.78, 5) is 22.2. The van der Waals surface area contributed by atoms with Crippen LogP contribution in [-0.4, -0.2) is 69.0 Å². The third kappa shape index (κ3) is 2.76. The van der Waals surface area contributed by atoms with Crippen molar-refractivity contribution in [2.75, 3.05) is 13.2 Å². The Kier molecular flexibility index (Phi) is 4.62. The Hall–Kier alpha value is -1.68. The molecule has 1 heterocycles. The van der Waals surface area contributed by atoms with E-state index in [2.05, 4.69) is 9.47 Å². The van der Waals surface area contributed by atoms with Gasteiger partial charge in [-0.2, -0.15) is 0 Å². The van der Waals surface area contributed by atoms with Crippen molar-refractivity contribution < 1.29 is 44.6 Å². The molecule has 0 bridgehead atoms. The molecule has 0 saturated carbocycles. The third-order valence-electron chi connectivity index (χ3n) is 2.11. The number of carbonyl (C=O) groups excluding carboxylic acids is 2. The molecule has 1 aliphatic heterocycles. The van der Waals surface area contributed by atoms with Gasteiger partial charge in [0, 0.05) is 0 Å². The van der Waals surface area contributed by atoms with Crippen LogP contribution in [-0.2, 0) is 19.1 Å². The molecule has 1 aliphatic rings. The second kappa shape index (κ2) is 5.78. The Bertz CT molecular complexity index is 374. The lowest BCUT2D eigenvalue weighted by Gasteiger charge is -2.18. The van der Waals surface area contributed by atoms with E-state index in [-0.39, 0.29) is 0 Å². The molecule has 0 aromatic rings. The molecule has 5 N–H and O–H groups in total. The number of hydrogen-bond donors (Lipinski definition) is 5. The van der Waals surface area contributed by atoms with Crippen LogP contribution in [0.15, 0.2) is 11.5 Å². The number of esters is 2. The SMILES string of the molecule is O=C1O[C@H]([C@@H](O)CO)C(OC(=O)C(O)CO)=C1O. The van der Waals surface area contributed by atoms with Gasteiger partial charge in [-0.15, -0.1) is 0 Å². The molecule has 0 aromatic carbocycles. The van der Waals surface area contributed by atoms with E-state index in [0.29, 0.717) is 0 Å². The van der Waals surface area contributed by atoms with Crippen LogP contribution in [0.1, 0.15) is 0 Å². The molecule has 9 heteroatoms. The highest BCUT2D eigenvalue weighted by molar-refractivity contribution is 5.90. The fourth-order valence-electron chi connectivity index (χ4n) is 1.17. The zero-order valence-corrected chi connectivity index (χ0v) is 9.02. The van der Waals surface area contributed by atoms with E-state index in [9.17, 15) is 19.8 Å². The summed E-state index contributed by atoms with van der Waals surface area (Å²) in [5.74, 6) is -4.36. The first-order chi connectivity index (χ1) is 8.42. The molecule has 0 saturated heterocycles. The number of aliphatic hydroxyl groups excluding tert-OH is 5. The van der Waals surface area contributed by atoms with Crippen molar-refractivity contribution >= 4 is 11.9 Å². The van der Waals surface area contributed by atoms with Gasteiger partial charge in [-0.3, -0.25) is 0 Å². The van der Waals surface area contributed by atoms with Gasteiger partial charge < -0.3 is 35.0 Å². The van der Waals surface area contributed by atoms with Gasteiger partial charge in [0.2, 0.25) is 11.5 Å². The molecule has 1 rings (SSSR count). The molecule has 0 amide bonds. The zero-order chi connectivity index (χ0) is 13.9. The van der Waals surface area contributed by atoms with Gasteiger partial charge in [0.05, 0.1) is 13.2 Å². The summed E-state index contributed by atoms with van der Waals surface area (Å²) in [6.45, 7) is -1.73. The molecule has 3 atom stereocenters. The van der Waals surface area contributed by atoms with E-state index in [1.807, 2.05) is 0 Å². The highest BCUT2D eigenvalue weighted by atomic mass is 16.6. The molecule has 0 aromatic heterocycles. The van der Waals surface area contributed by atoms with E-state index < -0.39 is 55.0 Å². The van der Waals surface area contributed by atoms with Crippen LogP contribution in [0.4, 0.5) is 0 Å². The van der Waals surface area contributed by atoms with Gasteiger partial charge in [0.25, 0.3) is 0 Å². The van der Waals surface area contributed by atoms with Crippen LogP contribution in [0.5, 0.6) is 0 Å². The first-order valence-corrected chi connectivity index (χ1v) is 4.86. The Labute approximate surface area is 100 Å². The summed E-state index contributed by atoms with van der Waals surface area (Å²) in [6, 6.07) is 0. The number of rotatable bonds is 5. The minimum absolute atomic E-state index is 0.723. The number of carbonyl (C=O) groups is 2. The largest absolute Gasteiger partial charge is 0.499 e. The first kappa shape index (κ1) is 14.4. The molecule has 9 nitrogen and oxygen atoms in total. The lowest BCUT2D eigenvalue weighted by molar-refractivity contribution is -0.157. The molecule has 0 spiro atoms. The summed E-state index contributed by atoms with van der Waals surface area (Å²) in [7, 11) is 0. The summed E-state index contributed by atoms with van der Waals surface area (Å²) in [5, 5.41) is 44.7. The second-order valence-electron chi connectivity index (χ2n) is 3.41. The molecule has 102 valence electrons. The van der Waals surface area contributed by atoms with Crippen LogP contribution in [0, 0.1) is 0 Å². The Balaban J connectivity index is 2.88. The van der Waals surface area contributed by atoms with E-state index in [1.165, 1.54) is 0 Å². The average Bonchev–Trinajstić information content (AvgIpc) is 2.64. The molecule has 0 aliphatic carbocycles. The molecule has 0 fully saturated rings. The predicted molar refractivity (Wildman–Crippen MR) is 51.8 cm³/mol. The summed E-state index contributed by atoms with van der Waals surface area (Å²) in [6.07, 6.45) is -5.03. The standard InChI is InChI=1S/C9H12O9/c10-1-3(12)6-7(5(14)9(16)17-6)18-8(15)4(13)2-11/h3-4,6,10-14H,1-2H2/t3-,4?,6+/m0/s1. The van der Waals surface area contributed by atoms with Crippen molar-refractivity contribution in [1.82, 2.24) is 0 Å². The van der Waals surface area contributed by atoms with Gasteiger partial charge >= 0.3 is 11.9 Å². The van der Waals surface area contributed by atoms with Crippen molar-refractivity contribution in [3.05, 3.63) is 11.5 Å². The van der Waals surface area contributed by atoms with E-state index in [1.54, 1.807) is 0 Å². The number of cyclic esters (lactones) is 1. The van der Waals surface area contributed by atoms with Gasteiger partial charge in [0.1, 0.15) is 6.10 Å². The fourth-order valence-corrected chi connectivity index (χ4v) is 1.17. The number of hydrogen-bond acceptors (Lipinski definition) is 9. The Morgan fingerprint density at radius 1 is 1.33 bits per heavy atom. The molecule has 18 heavy (non-hydrogen) atoms. The van der Waals surface area contributed by atoms with Crippen LogP contribution in [0.2, 0.25) is 0 Å². The minimum atomic E-state index is -1.87. The predicted octanol–water partition coefficient (Wildman–Crippen LogP) is -3.07. The maximum Gasteiger partial charge on any atom is 0.378 e. The maximum absolute atomic E-state index is 11.2. The van der Waals surface area contributed by atoms with Crippen LogP contribution < -0.4 is 0 Å². The van der Waals surface area contributed by atoms with Crippen molar-refractivity contribution in [3.8, 4) is 0 Å². The van der Waals surface area contributed by atoms with Gasteiger partial charge in [-0.25, -0.2) is 9.59 Å². The lowest BCUT2D eigenvalue weighted by atomic mass is 10.2. The summed E-state index contributed by atoms with van der Waals surface area (Å²) in [5.41, 5.74) is 0. The molecular weight excluding hydrogens is 252 g/mol.